The van der Waals surface area contributed by atoms with E-state index in [9.17, 15) is 16.8 Å². The highest BCUT2D eigenvalue weighted by Crippen LogP contribution is 2.29. The molecule has 2 aromatic carbocycles. The van der Waals surface area contributed by atoms with Gasteiger partial charge in [0.15, 0.2) is 5.75 Å². The number of benzene rings is 2. The maximum Gasteiger partial charge on any atom is 0.327 e. The Morgan fingerprint density at radius 1 is 0.826 bits per heavy atom. The molecule has 2 rings (SSSR count). The van der Waals surface area contributed by atoms with Crippen molar-refractivity contribution in [1.29, 1.82) is 0 Å². The fourth-order valence-corrected chi connectivity index (χ4v) is 4.64. The number of hydrogen-bond acceptors (Lipinski definition) is 6. The van der Waals surface area contributed by atoms with Gasteiger partial charge in [-0.3, -0.25) is 0 Å². The third kappa shape index (κ3) is 5.58. The molecule has 0 unspecified atom stereocenters. The lowest BCUT2D eigenvalue weighted by Gasteiger charge is -2.10. The van der Waals surface area contributed by atoms with Crippen LogP contribution < -0.4 is 8.37 Å². The van der Waals surface area contributed by atoms with E-state index in [1.807, 2.05) is 0 Å². The second kappa shape index (κ2) is 6.96. The highest BCUT2D eigenvalue weighted by molar-refractivity contribution is 8.04. The Morgan fingerprint density at radius 2 is 1.43 bits per heavy atom. The molecule has 0 atom stereocenters. The van der Waals surface area contributed by atoms with Crippen molar-refractivity contribution in [1.82, 2.24) is 0 Å². The molecular weight excluding hydrogens is 387 g/mol. The first kappa shape index (κ1) is 17.9. The van der Waals surface area contributed by atoms with Crippen molar-refractivity contribution >= 4 is 43.4 Å². The number of halogens is 2. The summed E-state index contributed by atoms with van der Waals surface area (Å²) < 4.78 is 56.7. The Hall–Kier alpha value is -1.48. The maximum absolute atomic E-state index is 11.9. The molecule has 124 valence electrons. The van der Waals surface area contributed by atoms with Gasteiger partial charge in [0, 0.05) is 5.02 Å². The maximum atomic E-state index is 11.9. The van der Waals surface area contributed by atoms with Crippen molar-refractivity contribution in [3.8, 4) is 11.5 Å². The first-order chi connectivity index (χ1) is 10.7. The van der Waals surface area contributed by atoms with Gasteiger partial charge in [0.25, 0.3) is 0 Å². The van der Waals surface area contributed by atoms with Gasteiger partial charge in [-0.1, -0.05) is 41.4 Å². The Bertz CT molecular complexity index is 895. The van der Waals surface area contributed by atoms with Gasteiger partial charge in [-0.25, -0.2) is 0 Å². The quantitative estimate of drug-likeness (QED) is 0.697. The highest BCUT2D eigenvalue weighted by atomic mass is 35.5. The fourth-order valence-electron chi connectivity index (χ4n) is 1.53. The van der Waals surface area contributed by atoms with E-state index < -0.39 is 25.3 Å². The zero-order chi connectivity index (χ0) is 17.1. The van der Waals surface area contributed by atoms with Crippen LogP contribution in [-0.4, -0.2) is 21.9 Å². The summed E-state index contributed by atoms with van der Waals surface area (Å²) in [5.74, 6) is -0.238. The van der Waals surface area contributed by atoms with E-state index in [-0.39, 0.29) is 21.5 Å². The third-order valence-corrected chi connectivity index (χ3v) is 6.09. The Balaban J connectivity index is 2.14. The molecule has 0 saturated carbocycles. The van der Waals surface area contributed by atoms with Gasteiger partial charge in [-0.05, 0) is 30.3 Å². The van der Waals surface area contributed by atoms with Gasteiger partial charge < -0.3 is 8.37 Å². The van der Waals surface area contributed by atoms with E-state index in [2.05, 4.69) is 8.37 Å². The summed E-state index contributed by atoms with van der Waals surface area (Å²) >= 11 is 11.5. The average molecular weight is 397 g/mol. The molecule has 0 aromatic heterocycles. The SMILES string of the molecule is O=S(=O)(CS(=O)(=O)Oc1ccc(Cl)cc1Cl)Oc1ccccc1. The summed E-state index contributed by atoms with van der Waals surface area (Å²) in [4.78, 5) is 0. The summed E-state index contributed by atoms with van der Waals surface area (Å²) in [6.07, 6.45) is 0. The minimum Gasteiger partial charge on any atom is -0.382 e. The molecule has 0 spiro atoms. The monoisotopic (exact) mass is 396 g/mol. The fraction of sp³-hybridized carbons (Fsp3) is 0.0769. The Labute approximate surface area is 143 Å². The van der Waals surface area contributed by atoms with Gasteiger partial charge in [0.05, 0.1) is 5.02 Å². The van der Waals surface area contributed by atoms with E-state index in [0.29, 0.717) is 0 Å². The van der Waals surface area contributed by atoms with Crippen LogP contribution in [0, 0.1) is 0 Å². The van der Waals surface area contributed by atoms with Crippen LogP contribution in [0.2, 0.25) is 10.0 Å². The van der Waals surface area contributed by atoms with E-state index in [1.54, 1.807) is 18.2 Å². The number of para-hydroxylation sites is 1. The Morgan fingerprint density at radius 3 is 2.04 bits per heavy atom. The van der Waals surface area contributed by atoms with E-state index in [4.69, 9.17) is 23.2 Å². The van der Waals surface area contributed by atoms with Crippen LogP contribution in [0.15, 0.2) is 48.5 Å². The molecule has 0 aliphatic heterocycles. The standard InChI is InChI=1S/C13H10Cl2O6S2/c14-10-6-7-13(12(15)8-10)21-23(18,19)9-22(16,17)20-11-4-2-1-3-5-11/h1-8H,9H2. The second-order valence-corrected chi connectivity index (χ2v) is 8.64. The summed E-state index contributed by atoms with van der Waals surface area (Å²) in [5.41, 5.74) is 0. The molecule has 0 aliphatic carbocycles. The Kier molecular flexibility index (Phi) is 5.41. The van der Waals surface area contributed by atoms with Crippen molar-refractivity contribution in [2.75, 3.05) is 5.08 Å². The van der Waals surface area contributed by atoms with Crippen LogP contribution in [-0.2, 0) is 20.2 Å². The summed E-state index contributed by atoms with van der Waals surface area (Å²) in [6, 6.07) is 11.3. The molecule has 0 aliphatic rings. The summed E-state index contributed by atoms with van der Waals surface area (Å²) in [6.45, 7) is 0. The van der Waals surface area contributed by atoms with Gasteiger partial charge in [0.2, 0.25) is 5.08 Å². The normalized spacial score (nSPS) is 11.9. The largest absolute Gasteiger partial charge is 0.382 e. The zero-order valence-electron chi connectivity index (χ0n) is 11.3. The lowest BCUT2D eigenvalue weighted by molar-refractivity contribution is 0.475. The lowest BCUT2D eigenvalue weighted by Crippen LogP contribution is -2.24. The van der Waals surface area contributed by atoms with E-state index >= 15 is 0 Å². The van der Waals surface area contributed by atoms with Crippen LogP contribution in [0.1, 0.15) is 0 Å². The lowest BCUT2D eigenvalue weighted by atomic mass is 10.3. The topological polar surface area (TPSA) is 86.7 Å². The molecule has 6 nitrogen and oxygen atoms in total. The van der Waals surface area contributed by atoms with Crippen LogP contribution in [0.4, 0.5) is 0 Å². The van der Waals surface area contributed by atoms with Crippen LogP contribution >= 0.6 is 23.2 Å². The molecule has 0 amide bonds. The van der Waals surface area contributed by atoms with Crippen molar-refractivity contribution in [2.45, 2.75) is 0 Å². The first-order valence-corrected chi connectivity index (χ1v) is 9.92. The van der Waals surface area contributed by atoms with E-state index in [1.165, 1.54) is 30.3 Å². The number of rotatable bonds is 6. The van der Waals surface area contributed by atoms with E-state index in [0.717, 1.165) is 0 Å². The molecule has 0 bridgehead atoms. The number of hydrogen-bond donors (Lipinski definition) is 0. The van der Waals surface area contributed by atoms with Crippen LogP contribution in [0.3, 0.4) is 0 Å². The van der Waals surface area contributed by atoms with Gasteiger partial charge in [-0.2, -0.15) is 16.8 Å². The van der Waals surface area contributed by atoms with Crippen molar-refractivity contribution < 1.29 is 25.2 Å². The molecular formula is C13H10Cl2O6S2. The minimum absolute atomic E-state index is 0.00720. The molecule has 0 saturated heterocycles. The van der Waals surface area contributed by atoms with Crippen LogP contribution in [0.25, 0.3) is 0 Å². The smallest absolute Gasteiger partial charge is 0.327 e. The summed E-state index contributed by atoms with van der Waals surface area (Å²) in [5, 5.41) is -1.16. The van der Waals surface area contributed by atoms with Crippen molar-refractivity contribution in [3.63, 3.8) is 0 Å². The molecule has 0 fully saturated rings. The predicted octanol–water partition coefficient (Wildman–Crippen LogP) is 3.07. The van der Waals surface area contributed by atoms with Gasteiger partial charge in [0.1, 0.15) is 5.75 Å². The van der Waals surface area contributed by atoms with Crippen LogP contribution in [0.5, 0.6) is 11.5 Å². The van der Waals surface area contributed by atoms with Gasteiger partial charge >= 0.3 is 20.2 Å². The predicted molar refractivity (Wildman–Crippen MR) is 86.9 cm³/mol. The molecule has 0 radical (unpaired) electrons. The van der Waals surface area contributed by atoms with Crippen molar-refractivity contribution in [2.24, 2.45) is 0 Å². The van der Waals surface area contributed by atoms with Crippen molar-refractivity contribution in [3.05, 3.63) is 58.6 Å². The average Bonchev–Trinajstić information content (AvgIpc) is 2.41. The molecule has 10 heteroatoms. The molecule has 23 heavy (non-hydrogen) atoms. The first-order valence-electron chi connectivity index (χ1n) is 6.01. The molecule has 0 N–H and O–H groups in total. The highest BCUT2D eigenvalue weighted by Gasteiger charge is 2.27. The summed E-state index contributed by atoms with van der Waals surface area (Å²) in [7, 11) is -8.90. The zero-order valence-corrected chi connectivity index (χ0v) is 14.5. The second-order valence-electron chi connectivity index (χ2n) is 4.29. The van der Waals surface area contributed by atoms with Gasteiger partial charge in [-0.15, -0.1) is 0 Å². The minimum atomic E-state index is -4.49. The molecule has 0 heterocycles. The third-order valence-electron chi connectivity index (χ3n) is 2.37. The molecule has 2 aromatic rings.